The second-order valence-electron chi connectivity index (χ2n) is 5.72. The lowest BCUT2D eigenvalue weighted by Crippen LogP contribution is -2.09. The van der Waals surface area contributed by atoms with Crippen LogP contribution in [0.2, 0.25) is 5.02 Å². The van der Waals surface area contributed by atoms with E-state index in [4.69, 9.17) is 26.8 Å². The van der Waals surface area contributed by atoms with Crippen molar-refractivity contribution in [2.75, 3.05) is 5.73 Å². The molecule has 0 aliphatic heterocycles. The highest BCUT2D eigenvalue weighted by molar-refractivity contribution is 6.31. The van der Waals surface area contributed by atoms with Crippen molar-refractivity contribution in [3.63, 3.8) is 0 Å². The topological polar surface area (TPSA) is 70.3 Å². The van der Waals surface area contributed by atoms with Crippen LogP contribution >= 0.6 is 11.6 Å². The summed E-state index contributed by atoms with van der Waals surface area (Å²) in [5.74, 6) is -0.732. The lowest BCUT2D eigenvalue weighted by Gasteiger charge is -2.18. The number of halogens is 3. The molecule has 5 nitrogen and oxygen atoms in total. The minimum Gasteiger partial charge on any atom is -0.487 e. The number of hydrogen-bond acceptors (Lipinski definition) is 5. The van der Waals surface area contributed by atoms with Crippen LogP contribution in [0.4, 0.5) is 14.6 Å². The van der Waals surface area contributed by atoms with Crippen LogP contribution in [0.15, 0.2) is 48.9 Å². The first kappa shape index (κ1) is 18.8. The average Bonchev–Trinajstić information content (AvgIpc) is 2.66. The number of pyridine rings is 2. The van der Waals surface area contributed by atoms with Crippen LogP contribution in [-0.2, 0) is 6.61 Å². The number of rotatable bonds is 6. The number of aromatic nitrogens is 2. The molecule has 2 aromatic heterocycles. The Bertz CT molecular complexity index is 942. The number of nitrogens with two attached hydrogens (primary N) is 1. The summed E-state index contributed by atoms with van der Waals surface area (Å²) in [6, 6.07) is 7.12. The van der Waals surface area contributed by atoms with Gasteiger partial charge in [-0.3, -0.25) is 4.98 Å². The van der Waals surface area contributed by atoms with Crippen LogP contribution in [0.25, 0.3) is 0 Å². The summed E-state index contributed by atoms with van der Waals surface area (Å²) in [4.78, 5) is 7.95. The van der Waals surface area contributed by atoms with Crippen molar-refractivity contribution in [2.45, 2.75) is 19.6 Å². The average molecular weight is 392 g/mol. The Hall–Kier alpha value is -2.93. The predicted molar refractivity (Wildman–Crippen MR) is 97.6 cm³/mol. The van der Waals surface area contributed by atoms with E-state index >= 15 is 0 Å². The van der Waals surface area contributed by atoms with Gasteiger partial charge in [0.15, 0.2) is 11.6 Å². The largest absolute Gasteiger partial charge is 0.487 e. The summed E-state index contributed by atoms with van der Waals surface area (Å²) in [5.41, 5.74) is 6.65. The van der Waals surface area contributed by atoms with Gasteiger partial charge in [0.1, 0.15) is 30.1 Å². The summed E-state index contributed by atoms with van der Waals surface area (Å²) >= 11 is 5.88. The molecule has 0 saturated carbocycles. The molecule has 0 aliphatic carbocycles. The van der Waals surface area contributed by atoms with Crippen molar-refractivity contribution in [1.82, 2.24) is 9.97 Å². The molecule has 0 fully saturated rings. The lowest BCUT2D eigenvalue weighted by molar-refractivity contribution is 0.219. The van der Waals surface area contributed by atoms with E-state index in [1.807, 2.05) is 12.1 Å². The van der Waals surface area contributed by atoms with Gasteiger partial charge in [-0.1, -0.05) is 11.6 Å². The van der Waals surface area contributed by atoms with Gasteiger partial charge in [-0.2, -0.15) is 0 Å². The summed E-state index contributed by atoms with van der Waals surface area (Å²) in [5, 5.41) is -0.334. The van der Waals surface area contributed by atoms with Gasteiger partial charge in [0.25, 0.3) is 0 Å². The Labute approximate surface area is 159 Å². The molecule has 3 aromatic rings. The highest BCUT2D eigenvalue weighted by Gasteiger charge is 2.21. The van der Waals surface area contributed by atoms with Crippen molar-refractivity contribution in [3.8, 4) is 11.5 Å². The molecule has 0 bridgehead atoms. The number of ether oxygens (including phenoxy) is 2. The summed E-state index contributed by atoms with van der Waals surface area (Å²) < 4.78 is 39.0. The Morgan fingerprint density at radius 1 is 1.15 bits per heavy atom. The molecule has 0 spiro atoms. The molecule has 0 amide bonds. The maximum Gasteiger partial charge on any atom is 0.166 e. The number of anilines is 1. The van der Waals surface area contributed by atoms with Crippen LogP contribution in [-0.4, -0.2) is 9.97 Å². The summed E-state index contributed by atoms with van der Waals surface area (Å²) in [7, 11) is 0. The molecule has 0 radical (unpaired) electrons. The SMILES string of the molecule is CC(Oc1cc(OCc2ccncc2)cnc1N)c1c(F)ccc(F)c1Cl. The molecule has 3 rings (SSSR count). The van der Waals surface area contributed by atoms with E-state index in [9.17, 15) is 8.78 Å². The van der Waals surface area contributed by atoms with E-state index in [0.717, 1.165) is 17.7 Å². The minimum absolute atomic E-state index is 0.0889. The number of hydrogen-bond donors (Lipinski definition) is 1. The third-order valence-electron chi connectivity index (χ3n) is 3.80. The fraction of sp³-hybridized carbons (Fsp3) is 0.158. The van der Waals surface area contributed by atoms with Crippen LogP contribution in [0.3, 0.4) is 0 Å². The third-order valence-corrected chi connectivity index (χ3v) is 4.19. The molecule has 140 valence electrons. The van der Waals surface area contributed by atoms with Gasteiger partial charge >= 0.3 is 0 Å². The Balaban J connectivity index is 1.78. The molecule has 27 heavy (non-hydrogen) atoms. The zero-order valence-electron chi connectivity index (χ0n) is 14.3. The zero-order chi connectivity index (χ0) is 19.4. The molecule has 0 saturated heterocycles. The summed E-state index contributed by atoms with van der Waals surface area (Å²) in [6.07, 6.45) is 3.87. The molecular formula is C19H16ClF2N3O2. The van der Waals surface area contributed by atoms with E-state index in [2.05, 4.69) is 9.97 Å². The van der Waals surface area contributed by atoms with Crippen LogP contribution in [0, 0.1) is 11.6 Å². The van der Waals surface area contributed by atoms with Gasteiger partial charge in [-0.05, 0) is 36.8 Å². The molecule has 1 atom stereocenters. The van der Waals surface area contributed by atoms with Crippen molar-refractivity contribution in [3.05, 3.63) is 76.7 Å². The van der Waals surface area contributed by atoms with E-state index in [1.165, 1.54) is 19.2 Å². The quantitative estimate of drug-likeness (QED) is 0.616. The Morgan fingerprint density at radius 2 is 1.85 bits per heavy atom. The van der Waals surface area contributed by atoms with Gasteiger partial charge in [-0.25, -0.2) is 13.8 Å². The normalized spacial score (nSPS) is 11.9. The Kier molecular flexibility index (Phi) is 5.71. The third kappa shape index (κ3) is 4.43. The van der Waals surface area contributed by atoms with Gasteiger partial charge in [-0.15, -0.1) is 0 Å². The standard InChI is InChI=1S/C19H16ClF2N3O2/c1-11(17-14(21)2-3-15(22)18(17)20)27-16-8-13(9-25-19(16)23)26-10-12-4-6-24-7-5-12/h2-9,11H,10H2,1H3,(H2,23,25). The van der Waals surface area contributed by atoms with Crippen LogP contribution < -0.4 is 15.2 Å². The van der Waals surface area contributed by atoms with Gasteiger partial charge in [0, 0.05) is 24.0 Å². The maximum absolute atomic E-state index is 14.1. The van der Waals surface area contributed by atoms with E-state index in [0.29, 0.717) is 12.4 Å². The first-order valence-corrected chi connectivity index (χ1v) is 8.40. The van der Waals surface area contributed by atoms with E-state index in [-0.39, 0.29) is 22.2 Å². The number of benzene rings is 1. The smallest absolute Gasteiger partial charge is 0.166 e. The molecule has 8 heteroatoms. The molecule has 2 N–H and O–H groups in total. The molecule has 1 unspecified atom stereocenters. The van der Waals surface area contributed by atoms with E-state index in [1.54, 1.807) is 12.4 Å². The zero-order valence-corrected chi connectivity index (χ0v) is 15.1. The van der Waals surface area contributed by atoms with Crippen molar-refractivity contribution in [2.24, 2.45) is 0 Å². The molecule has 2 heterocycles. The molecule has 1 aromatic carbocycles. The maximum atomic E-state index is 14.1. The number of nitrogen functional groups attached to an aromatic ring is 1. The van der Waals surface area contributed by atoms with Gasteiger partial charge < -0.3 is 15.2 Å². The highest BCUT2D eigenvalue weighted by Crippen LogP contribution is 2.34. The van der Waals surface area contributed by atoms with Crippen molar-refractivity contribution >= 4 is 17.4 Å². The second-order valence-corrected chi connectivity index (χ2v) is 6.09. The predicted octanol–water partition coefficient (Wildman–Crippen LogP) is 4.71. The van der Waals surface area contributed by atoms with Crippen LogP contribution in [0.5, 0.6) is 11.5 Å². The molecule has 0 aliphatic rings. The highest BCUT2D eigenvalue weighted by atomic mass is 35.5. The Morgan fingerprint density at radius 3 is 2.59 bits per heavy atom. The first-order valence-electron chi connectivity index (χ1n) is 8.03. The fourth-order valence-electron chi connectivity index (χ4n) is 2.42. The first-order chi connectivity index (χ1) is 13.0. The van der Waals surface area contributed by atoms with Crippen LogP contribution in [0.1, 0.15) is 24.2 Å². The summed E-state index contributed by atoms with van der Waals surface area (Å²) in [6.45, 7) is 1.83. The van der Waals surface area contributed by atoms with E-state index < -0.39 is 17.7 Å². The lowest BCUT2D eigenvalue weighted by atomic mass is 10.1. The van der Waals surface area contributed by atoms with Gasteiger partial charge in [0.2, 0.25) is 0 Å². The second kappa shape index (κ2) is 8.18. The monoisotopic (exact) mass is 391 g/mol. The minimum atomic E-state index is -0.896. The fourth-order valence-corrected chi connectivity index (χ4v) is 2.73. The van der Waals surface area contributed by atoms with Crippen molar-refractivity contribution < 1.29 is 18.3 Å². The van der Waals surface area contributed by atoms with Crippen molar-refractivity contribution in [1.29, 1.82) is 0 Å². The molecular weight excluding hydrogens is 376 g/mol. The number of nitrogens with zero attached hydrogens (tertiary/aromatic N) is 2. The van der Waals surface area contributed by atoms with Gasteiger partial charge in [0.05, 0.1) is 11.2 Å².